The van der Waals surface area contributed by atoms with E-state index >= 15 is 0 Å². The fraction of sp³-hybridized carbons (Fsp3) is 0.333. The number of rotatable bonds is 5. The first-order chi connectivity index (χ1) is 14.8. The van der Waals surface area contributed by atoms with Crippen LogP contribution >= 0.6 is 0 Å². The van der Waals surface area contributed by atoms with Gasteiger partial charge in [-0.2, -0.15) is 5.10 Å². The number of fused-ring (bicyclic) bond motifs is 3. The number of carbonyl (C=O) groups is 1. The van der Waals surface area contributed by atoms with E-state index in [1.165, 1.54) is 16.7 Å². The normalized spacial score (nSPS) is 16.0. The van der Waals surface area contributed by atoms with E-state index in [1.54, 1.807) is 0 Å². The van der Waals surface area contributed by atoms with Gasteiger partial charge in [0.25, 0.3) is 5.91 Å². The van der Waals surface area contributed by atoms with Crippen molar-refractivity contribution in [1.82, 2.24) is 25.7 Å². The predicted octanol–water partition coefficient (Wildman–Crippen LogP) is 2.67. The fourth-order valence-electron chi connectivity index (χ4n) is 4.44. The molecule has 6 heteroatoms. The highest BCUT2D eigenvalue weighted by atomic mass is 16.1. The second kappa shape index (κ2) is 8.42. The largest absolute Gasteiger partial charge is 0.351 e. The predicted molar refractivity (Wildman–Crippen MR) is 119 cm³/mol. The second-order valence-electron chi connectivity index (χ2n) is 8.04. The molecule has 2 heterocycles. The van der Waals surface area contributed by atoms with E-state index in [0.29, 0.717) is 12.1 Å². The Hall–Kier alpha value is -2.96. The molecular weight excluding hydrogens is 374 g/mol. The molecule has 5 rings (SSSR count). The molecule has 0 radical (unpaired) electrons. The van der Waals surface area contributed by atoms with Crippen LogP contribution in [0.5, 0.6) is 0 Å². The lowest BCUT2D eigenvalue weighted by atomic mass is 10.0. The molecule has 30 heavy (non-hydrogen) atoms. The molecule has 1 amide bonds. The van der Waals surface area contributed by atoms with Gasteiger partial charge in [-0.05, 0) is 37.2 Å². The Morgan fingerprint density at radius 1 is 1.07 bits per heavy atom. The van der Waals surface area contributed by atoms with Gasteiger partial charge in [0.2, 0.25) is 0 Å². The third-order valence-corrected chi connectivity index (χ3v) is 6.09. The Morgan fingerprint density at radius 2 is 1.93 bits per heavy atom. The summed E-state index contributed by atoms with van der Waals surface area (Å²) in [5.74, 6) is -0.0193. The van der Waals surface area contributed by atoms with Crippen molar-refractivity contribution in [2.45, 2.75) is 12.8 Å². The molecule has 1 aliphatic heterocycles. The summed E-state index contributed by atoms with van der Waals surface area (Å²) < 4.78 is 0. The first-order valence-electron chi connectivity index (χ1n) is 10.8. The molecule has 2 aliphatic rings. The summed E-state index contributed by atoms with van der Waals surface area (Å²) in [5, 5.41) is 14.2. The molecule has 1 aromatic heterocycles. The van der Waals surface area contributed by atoms with E-state index in [4.69, 9.17) is 0 Å². The van der Waals surface area contributed by atoms with E-state index < -0.39 is 0 Å². The SMILES string of the molecule is O=C(NCCN1CCCNCC1)c1ccc(-c2n[nH]c3c2Cc2ccccc2-3)cc1. The molecule has 0 unspecified atom stereocenters. The van der Waals surface area contributed by atoms with Gasteiger partial charge in [-0.25, -0.2) is 0 Å². The van der Waals surface area contributed by atoms with E-state index in [-0.39, 0.29) is 5.91 Å². The zero-order valence-electron chi connectivity index (χ0n) is 17.1. The molecular formula is C24H27N5O. The third-order valence-electron chi connectivity index (χ3n) is 6.09. The number of hydrogen-bond donors (Lipinski definition) is 3. The van der Waals surface area contributed by atoms with Crippen LogP contribution in [-0.2, 0) is 6.42 Å². The standard InChI is InChI=1S/C24H27N5O/c30-24(26-12-15-29-13-3-10-25-11-14-29)18-8-6-17(7-9-18)22-21-16-19-4-1-2-5-20(19)23(21)28-27-22/h1-2,4-9,25H,3,10-16H2,(H,26,30)(H,27,28). The molecule has 3 N–H and O–H groups in total. The van der Waals surface area contributed by atoms with Gasteiger partial charge < -0.3 is 15.5 Å². The Bertz CT molecular complexity index is 1030. The average molecular weight is 402 g/mol. The molecule has 3 aromatic rings. The number of hydrogen-bond acceptors (Lipinski definition) is 4. The van der Waals surface area contributed by atoms with E-state index in [1.807, 2.05) is 24.3 Å². The van der Waals surface area contributed by atoms with E-state index in [9.17, 15) is 4.79 Å². The van der Waals surface area contributed by atoms with Crippen molar-refractivity contribution in [2.75, 3.05) is 39.3 Å². The van der Waals surface area contributed by atoms with Gasteiger partial charge in [0.1, 0.15) is 0 Å². The molecule has 0 atom stereocenters. The molecule has 0 bridgehead atoms. The summed E-state index contributed by atoms with van der Waals surface area (Å²) >= 11 is 0. The van der Waals surface area contributed by atoms with Crippen LogP contribution < -0.4 is 10.6 Å². The van der Waals surface area contributed by atoms with Crippen molar-refractivity contribution in [2.24, 2.45) is 0 Å². The number of carbonyl (C=O) groups excluding carboxylic acids is 1. The van der Waals surface area contributed by atoms with Crippen LogP contribution in [0.3, 0.4) is 0 Å². The maximum atomic E-state index is 12.5. The topological polar surface area (TPSA) is 73.1 Å². The lowest BCUT2D eigenvalue weighted by Crippen LogP contribution is -2.36. The summed E-state index contributed by atoms with van der Waals surface area (Å²) in [4.78, 5) is 14.9. The van der Waals surface area contributed by atoms with Gasteiger partial charge in [-0.3, -0.25) is 9.89 Å². The maximum Gasteiger partial charge on any atom is 0.251 e. The summed E-state index contributed by atoms with van der Waals surface area (Å²) in [5.41, 5.74) is 7.62. The Labute approximate surface area is 176 Å². The highest BCUT2D eigenvalue weighted by Gasteiger charge is 2.24. The molecule has 0 saturated carbocycles. The van der Waals surface area contributed by atoms with Crippen LogP contribution in [0.15, 0.2) is 48.5 Å². The van der Waals surface area contributed by atoms with Crippen molar-refractivity contribution in [3.05, 3.63) is 65.2 Å². The highest BCUT2D eigenvalue weighted by molar-refractivity contribution is 5.94. The van der Waals surface area contributed by atoms with Gasteiger partial charge >= 0.3 is 0 Å². The summed E-state index contributed by atoms with van der Waals surface area (Å²) in [6.07, 6.45) is 2.06. The quantitative estimate of drug-likeness (QED) is 0.481. The molecule has 1 aliphatic carbocycles. The molecule has 154 valence electrons. The third kappa shape index (κ3) is 3.76. The Balaban J connectivity index is 1.22. The number of nitrogens with one attached hydrogen (secondary N) is 3. The van der Waals surface area contributed by atoms with Crippen molar-refractivity contribution < 1.29 is 4.79 Å². The van der Waals surface area contributed by atoms with Crippen molar-refractivity contribution in [3.8, 4) is 22.5 Å². The maximum absolute atomic E-state index is 12.5. The zero-order chi connectivity index (χ0) is 20.3. The van der Waals surface area contributed by atoms with E-state index in [0.717, 1.165) is 62.5 Å². The molecule has 1 fully saturated rings. The van der Waals surface area contributed by atoms with Crippen LogP contribution in [-0.4, -0.2) is 60.3 Å². The monoisotopic (exact) mass is 401 g/mol. The summed E-state index contributed by atoms with van der Waals surface area (Å²) in [6.45, 7) is 5.81. The average Bonchev–Trinajstić information content (AvgIpc) is 3.24. The van der Waals surface area contributed by atoms with Crippen LogP contribution in [0.1, 0.15) is 27.9 Å². The smallest absolute Gasteiger partial charge is 0.251 e. The zero-order valence-corrected chi connectivity index (χ0v) is 17.1. The molecule has 2 aromatic carbocycles. The van der Waals surface area contributed by atoms with Crippen LogP contribution in [0.2, 0.25) is 0 Å². The lowest BCUT2D eigenvalue weighted by Gasteiger charge is -2.19. The Morgan fingerprint density at radius 3 is 2.83 bits per heavy atom. The Kier molecular flexibility index (Phi) is 5.34. The number of benzene rings is 2. The first-order valence-corrected chi connectivity index (χ1v) is 10.8. The molecule has 6 nitrogen and oxygen atoms in total. The van der Waals surface area contributed by atoms with Crippen LogP contribution in [0.4, 0.5) is 0 Å². The number of aromatic amines is 1. The van der Waals surface area contributed by atoms with Gasteiger partial charge in [0, 0.05) is 54.9 Å². The van der Waals surface area contributed by atoms with Gasteiger partial charge in [-0.15, -0.1) is 0 Å². The minimum absolute atomic E-state index is 0.0193. The second-order valence-corrected chi connectivity index (χ2v) is 8.04. The number of H-pyrrole nitrogens is 1. The van der Waals surface area contributed by atoms with Crippen LogP contribution in [0, 0.1) is 0 Å². The van der Waals surface area contributed by atoms with Gasteiger partial charge in [0.15, 0.2) is 0 Å². The first kappa shape index (κ1) is 19.0. The van der Waals surface area contributed by atoms with Gasteiger partial charge in [0.05, 0.1) is 11.4 Å². The molecule has 0 spiro atoms. The summed E-state index contributed by atoms with van der Waals surface area (Å²) in [7, 11) is 0. The highest BCUT2D eigenvalue weighted by Crippen LogP contribution is 2.39. The van der Waals surface area contributed by atoms with Gasteiger partial charge in [-0.1, -0.05) is 36.4 Å². The lowest BCUT2D eigenvalue weighted by molar-refractivity contribution is 0.0948. The van der Waals surface area contributed by atoms with Crippen molar-refractivity contribution >= 4 is 5.91 Å². The van der Waals surface area contributed by atoms with Crippen molar-refractivity contribution in [3.63, 3.8) is 0 Å². The minimum Gasteiger partial charge on any atom is -0.351 e. The number of aromatic nitrogens is 2. The minimum atomic E-state index is -0.0193. The van der Waals surface area contributed by atoms with Crippen LogP contribution in [0.25, 0.3) is 22.5 Å². The molecule has 1 saturated heterocycles. The fourth-order valence-corrected chi connectivity index (χ4v) is 4.44. The number of amides is 1. The number of nitrogens with zero attached hydrogens (tertiary/aromatic N) is 2. The summed E-state index contributed by atoms with van der Waals surface area (Å²) in [6, 6.07) is 16.2. The van der Waals surface area contributed by atoms with E-state index in [2.05, 4.69) is 50.0 Å². The van der Waals surface area contributed by atoms with Crippen molar-refractivity contribution in [1.29, 1.82) is 0 Å².